The number of amides is 2. The van der Waals surface area contributed by atoms with Crippen LogP contribution in [0.3, 0.4) is 0 Å². The first-order valence-corrected chi connectivity index (χ1v) is 4.64. The van der Waals surface area contributed by atoms with Gasteiger partial charge in [0.1, 0.15) is 12.1 Å². The molecule has 2 amide bonds. The monoisotopic (exact) mass is 200 g/mol. The lowest BCUT2D eigenvalue weighted by atomic mass is 10.2. The van der Waals surface area contributed by atoms with Crippen molar-refractivity contribution in [3.63, 3.8) is 0 Å². The Labute approximate surface area is 83.4 Å². The molecule has 0 aliphatic carbocycles. The zero-order valence-electron chi connectivity index (χ0n) is 8.74. The Kier molecular flexibility index (Phi) is 3.46. The molecule has 1 N–H and O–H groups in total. The average molecular weight is 200 g/mol. The summed E-state index contributed by atoms with van der Waals surface area (Å²) in [5.41, 5.74) is 0. The van der Waals surface area contributed by atoms with Gasteiger partial charge in [-0.05, 0) is 13.3 Å². The third-order valence-corrected chi connectivity index (χ3v) is 2.47. The van der Waals surface area contributed by atoms with Gasteiger partial charge in [-0.1, -0.05) is 0 Å². The number of rotatable bonds is 3. The van der Waals surface area contributed by atoms with E-state index in [0.29, 0.717) is 13.0 Å². The van der Waals surface area contributed by atoms with Gasteiger partial charge in [0.25, 0.3) is 0 Å². The molecule has 1 fully saturated rings. The van der Waals surface area contributed by atoms with Crippen molar-refractivity contribution < 1.29 is 14.3 Å². The van der Waals surface area contributed by atoms with Crippen molar-refractivity contribution in [1.82, 2.24) is 10.2 Å². The molecule has 1 rings (SSSR count). The number of hydrogen-bond acceptors (Lipinski definition) is 3. The van der Waals surface area contributed by atoms with Gasteiger partial charge in [-0.15, -0.1) is 0 Å². The minimum atomic E-state index is -0.506. The van der Waals surface area contributed by atoms with E-state index in [4.69, 9.17) is 4.74 Å². The summed E-state index contributed by atoms with van der Waals surface area (Å²) in [6.07, 6.45) is 0.172. The zero-order chi connectivity index (χ0) is 10.7. The van der Waals surface area contributed by atoms with Crippen LogP contribution in [0.4, 0.5) is 0 Å². The second-order valence-electron chi connectivity index (χ2n) is 3.49. The van der Waals surface area contributed by atoms with Gasteiger partial charge >= 0.3 is 0 Å². The van der Waals surface area contributed by atoms with Crippen LogP contribution in [0.2, 0.25) is 0 Å². The number of hydrogen-bond donors (Lipinski definition) is 1. The fraction of sp³-hybridized carbons (Fsp3) is 0.778. The first-order chi connectivity index (χ1) is 6.56. The van der Waals surface area contributed by atoms with Gasteiger partial charge in [0, 0.05) is 20.7 Å². The lowest BCUT2D eigenvalue weighted by Gasteiger charge is -2.14. The summed E-state index contributed by atoms with van der Waals surface area (Å²) in [5, 5.41) is 2.65. The highest BCUT2D eigenvalue weighted by molar-refractivity contribution is 5.90. The molecular weight excluding hydrogens is 184 g/mol. The van der Waals surface area contributed by atoms with E-state index in [1.165, 1.54) is 7.11 Å². The fourth-order valence-corrected chi connectivity index (χ4v) is 1.35. The predicted octanol–water partition coefficient (Wildman–Crippen LogP) is -0.632. The van der Waals surface area contributed by atoms with E-state index in [9.17, 15) is 9.59 Å². The Morgan fingerprint density at radius 2 is 2.36 bits per heavy atom. The molecule has 2 atom stereocenters. The van der Waals surface area contributed by atoms with Gasteiger partial charge in [-0.3, -0.25) is 9.59 Å². The lowest BCUT2D eigenvalue weighted by Crippen LogP contribution is -2.44. The van der Waals surface area contributed by atoms with E-state index in [0.717, 1.165) is 0 Å². The number of likely N-dealkylation sites (N-methyl/N-ethyl adjacent to an activating group) is 1. The van der Waals surface area contributed by atoms with E-state index in [1.807, 2.05) is 0 Å². The smallest absolute Gasteiger partial charge is 0.249 e. The molecular formula is C9H16N2O3. The van der Waals surface area contributed by atoms with Crippen LogP contribution >= 0.6 is 0 Å². The molecule has 0 saturated carbocycles. The number of carbonyl (C=O) groups is 2. The number of ether oxygens (including phenoxy) is 1. The molecule has 5 heteroatoms. The van der Waals surface area contributed by atoms with Crippen molar-refractivity contribution in [3.8, 4) is 0 Å². The van der Waals surface area contributed by atoms with Gasteiger partial charge in [0.15, 0.2) is 0 Å². The van der Waals surface area contributed by atoms with Crippen LogP contribution in [0.15, 0.2) is 0 Å². The first-order valence-electron chi connectivity index (χ1n) is 4.64. The summed E-state index contributed by atoms with van der Waals surface area (Å²) in [6.45, 7) is 2.35. The van der Waals surface area contributed by atoms with Gasteiger partial charge in [0.05, 0.1) is 0 Å². The summed E-state index contributed by atoms with van der Waals surface area (Å²) < 4.78 is 4.85. The van der Waals surface area contributed by atoms with Gasteiger partial charge in [-0.25, -0.2) is 0 Å². The van der Waals surface area contributed by atoms with Crippen molar-refractivity contribution in [2.75, 3.05) is 20.7 Å². The normalized spacial score (nSPS) is 23.8. The summed E-state index contributed by atoms with van der Waals surface area (Å²) in [6, 6.07) is -0.370. The minimum absolute atomic E-state index is 0.0262. The summed E-state index contributed by atoms with van der Waals surface area (Å²) in [4.78, 5) is 24.4. The second-order valence-corrected chi connectivity index (χ2v) is 3.49. The third kappa shape index (κ3) is 2.23. The Morgan fingerprint density at radius 3 is 2.79 bits per heavy atom. The molecule has 1 saturated heterocycles. The molecule has 0 bridgehead atoms. The van der Waals surface area contributed by atoms with Crippen LogP contribution in [-0.4, -0.2) is 49.6 Å². The van der Waals surface area contributed by atoms with Crippen molar-refractivity contribution in [3.05, 3.63) is 0 Å². The zero-order valence-corrected chi connectivity index (χ0v) is 8.74. The van der Waals surface area contributed by atoms with E-state index in [1.54, 1.807) is 18.9 Å². The molecule has 0 aromatic rings. The summed E-state index contributed by atoms with van der Waals surface area (Å²) in [5.74, 6) is -0.261. The van der Waals surface area contributed by atoms with Crippen molar-refractivity contribution in [2.45, 2.75) is 25.5 Å². The van der Waals surface area contributed by atoms with E-state index in [-0.39, 0.29) is 17.9 Å². The van der Waals surface area contributed by atoms with Crippen LogP contribution in [-0.2, 0) is 14.3 Å². The molecule has 1 heterocycles. The average Bonchev–Trinajstić information content (AvgIpc) is 2.48. The maximum atomic E-state index is 11.4. The van der Waals surface area contributed by atoms with Gasteiger partial charge in [0.2, 0.25) is 11.8 Å². The van der Waals surface area contributed by atoms with Crippen LogP contribution in [0, 0.1) is 0 Å². The molecule has 14 heavy (non-hydrogen) atoms. The summed E-state index contributed by atoms with van der Waals surface area (Å²) >= 11 is 0. The molecule has 80 valence electrons. The SMILES string of the molecule is COC(C)C(=O)NC1CCN(C)C1=O. The van der Waals surface area contributed by atoms with Crippen molar-refractivity contribution >= 4 is 11.8 Å². The summed E-state index contributed by atoms with van der Waals surface area (Å²) in [7, 11) is 3.20. The number of nitrogens with zero attached hydrogens (tertiary/aromatic N) is 1. The predicted molar refractivity (Wildman–Crippen MR) is 50.7 cm³/mol. The Morgan fingerprint density at radius 1 is 1.71 bits per heavy atom. The highest BCUT2D eigenvalue weighted by Crippen LogP contribution is 2.08. The quantitative estimate of drug-likeness (QED) is 0.659. The molecule has 0 aromatic carbocycles. The highest BCUT2D eigenvalue weighted by atomic mass is 16.5. The third-order valence-electron chi connectivity index (χ3n) is 2.47. The standard InChI is InChI=1S/C9H16N2O3/c1-6(14-3)8(12)10-7-4-5-11(2)9(7)13/h6-7H,4-5H2,1-3H3,(H,10,12). The maximum Gasteiger partial charge on any atom is 0.249 e. The Balaban J connectivity index is 2.45. The van der Waals surface area contributed by atoms with Crippen LogP contribution in [0.25, 0.3) is 0 Å². The van der Waals surface area contributed by atoms with E-state index >= 15 is 0 Å². The maximum absolute atomic E-state index is 11.4. The van der Waals surface area contributed by atoms with Crippen molar-refractivity contribution in [2.24, 2.45) is 0 Å². The Bertz CT molecular complexity index is 242. The second kappa shape index (κ2) is 4.41. The molecule has 5 nitrogen and oxygen atoms in total. The highest BCUT2D eigenvalue weighted by Gasteiger charge is 2.31. The Hall–Kier alpha value is -1.10. The number of methoxy groups -OCH3 is 1. The molecule has 2 unspecified atom stereocenters. The van der Waals surface area contributed by atoms with Crippen molar-refractivity contribution in [1.29, 1.82) is 0 Å². The first kappa shape index (κ1) is 11.0. The molecule has 0 spiro atoms. The van der Waals surface area contributed by atoms with Gasteiger partial charge < -0.3 is 15.0 Å². The molecule has 1 aliphatic rings. The largest absolute Gasteiger partial charge is 0.372 e. The number of nitrogens with one attached hydrogen (secondary N) is 1. The van der Waals surface area contributed by atoms with Crippen LogP contribution < -0.4 is 5.32 Å². The topological polar surface area (TPSA) is 58.6 Å². The minimum Gasteiger partial charge on any atom is -0.372 e. The molecule has 1 aliphatic heterocycles. The molecule has 0 aromatic heterocycles. The van der Waals surface area contributed by atoms with Crippen LogP contribution in [0.1, 0.15) is 13.3 Å². The van der Waals surface area contributed by atoms with E-state index < -0.39 is 6.10 Å². The van der Waals surface area contributed by atoms with Gasteiger partial charge in [-0.2, -0.15) is 0 Å². The lowest BCUT2D eigenvalue weighted by molar-refractivity contribution is -0.135. The number of likely N-dealkylation sites (tertiary alicyclic amines) is 1. The fourth-order valence-electron chi connectivity index (χ4n) is 1.35. The molecule has 0 radical (unpaired) electrons. The van der Waals surface area contributed by atoms with E-state index in [2.05, 4.69) is 5.32 Å². The van der Waals surface area contributed by atoms with Crippen LogP contribution in [0.5, 0.6) is 0 Å². The number of carbonyl (C=O) groups excluding carboxylic acids is 2.